The lowest BCUT2D eigenvalue weighted by atomic mass is 9.90. The van der Waals surface area contributed by atoms with E-state index in [0.29, 0.717) is 61.3 Å². The van der Waals surface area contributed by atoms with Crippen LogP contribution in [0.4, 0.5) is 4.39 Å². The first-order valence-electron chi connectivity index (χ1n) is 15.3. The highest BCUT2D eigenvalue weighted by molar-refractivity contribution is 7.07. The van der Waals surface area contributed by atoms with Gasteiger partial charge in [-0.25, -0.2) is 9.38 Å². The monoisotopic (exact) mass is 669 g/mol. The standard InChI is InChI=1S/C37H33ClFN3O4S/c1-5-41(6-2)36(44)32-22(3)40-37-42(34(32)33-28-10-8-7-9-24(28)13-17-30(33)45-4)35(43)31(47-37)20-25-19-26(38)14-18-29(25)46-21-23-11-15-27(39)16-12-23/h7-20,34H,5-6,21H2,1-4H3/b31-20+/t34-/m1/s1. The minimum Gasteiger partial charge on any atom is -0.496 e. The van der Waals surface area contributed by atoms with Gasteiger partial charge in [0, 0.05) is 29.2 Å². The third-order valence-electron chi connectivity index (χ3n) is 8.29. The number of amides is 1. The van der Waals surface area contributed by atoms with E-state index in [-0.39, 0.29) is 23.9 Å². The summed E-state index contributed by atoms with van der Waals surface area (Å²) in [6.07, 6.45) is 1.73. The van der Waals surface area contributed by atoms with E-state index in [0.717, 1.165) is 16.3 Å². The molecule has 10 heteroatoms. The Bertz CT molecular complexity index is 2200. The van der Waals surface area contributed by atoms with Gasteiger partial charge in [-0.3, -0.25) is 14.2 Å². The predicted octanol–water partition coefficient (Wildman–Crippen LogP) is 6.64. The fourth-order valence-electron chi connectivity index (χ4n) is 5.93. The molecular formula is C37H33ClFN3O4S. The van der Waals surface area contributed by atoms with Crippen LogP contribution in [-0.4, -0.2) is 35.6 Å². The Hall–Kier alpha value is -4.73. The molecule has 0 saturated carbocycles. The largest absolute Gasteiger partial charge is 0.496 e. The van der Waals surface area contributed by atoms with Crippen molar-refractivity contribution < 1.29 is 18.7 Å². The number of carbonyl (C=O) groups is 1. The van der Waals surface area contributed by atoms with Gasteiger partial charge in [-0.05, 0) is 79.6 Å². The van der Waals surface area contributed by atoms with Crippen LogP contribution in [0.25, 0.3) is 16.8 Å². The molecule has 240 valence electrons. The average molecular weight is 670 g/mol. The number of allylic oxidation sites excluding steroid dienone is 1. The first-order chi connectivity index (χ1) is 22.7. The van der Waals surface area contributed by atoms with Gasteiger partial charge >= 0.3 is 0 Å². The highest BCUT2D eigenvalue weighted by Crippen LogP contribution is 2.40. The van der Waals surface area contributed by atoms with Crippen LogP contribution >= 0.6 is 22.9 Å². The Labute approximate surface area is 280 Å². The lowest BCUT2D eigenvalue weighted by molar-refractivity contribution is -0.127. The zero-order valence-corrected chi connectivity index (χ0v) is 28.0. The molecule has 0 fully saturated rings. The highest BCUT2D eigenvalue weighted by Gasteiger charge is 2.36. The van der Waals surface area contributed by atoms with Crippen LogP contribution in [-0.2, 0) is 11.4 Å². The first kappa shape index (κ1) is 32.2. The molecule has 6 rings (SSSR count). The number of aromatic nitrogens is 1. The lowest BCUT2D eigenvalue weighted by Gasteiger charge is -2.30. The molecule has 0 bridgehead atoms. The Morgan fingerprint density at radius 2 is 1.77 bits per heavy atom. The number of methoxy groups -OCH3 is 1. The van der Waals surface area contributed by atoms with Crippen molar-refractivity contribution in [2.24, 2.45) is 4.99 Å². The maximum absolute atomic E-state index is 14.5. The van der Waals surface area contributed by atoms with E-state index < -0.39 is 6.04 Å². The predicted molar refractivity (Wildman–Crippen MR) is 184 cm³/mol. The van der Waals surface area contributed by atoms with Crippen molar-refractivity contribution in [3.8, 4) is 11.5 Å². The van der Waals surface area contributed by atoms with E-state index in [4.69, 9.17) is 26.1 Å². The average Bonchev–Trinajstić information content (AvgIpc) is 3.38. The number of carbonyl (C=O) groups excluding carboxylic acids is 1. The van der Waals surface area contributed by atoms with Crippen molar-refractivity contribution in [3.63, 3.8) is 0 Å². The summed E-state index contributed by atoms with van der Waals surface area (Å²) in [6.45, 7) is 6.88. The van der Waals surface area contributed by atoms with E-state index in [9.17, 15) is 14.0 Å². The number of likely N-dealkylation sites (N-methyl/N-ethyl adjacent to an activating group) is 1. The summed E-state index contributed by atoms with van der Waals surface area (Å²) in [7, 11) is 1.59. The van der Waals surface area contributed by atoms with Crippen LogP contribution < -0.4 is 24.4 Å². The third-order valence-corrected chi connectivity index (χ3v) is 9.51. The first-order valence-corrected chi connectivity index (χ1v) is 16.5. The second-order valence-corrected chi connectivity index (χ2v) is 12.5. The number of rotatable bonds is 9. The summed E-state index contributed by atoms with van der Waals surface area (Å²) in [5.74, 6) is 0.560. The zero-order chi connectivity index (χ0) is 33.2. The zero-order valence-electron chi connectivity index (χ0n) is 26.4. The quantitative estimate of drug-likeness (QED) is 0.177. The molecule has 1 aromatic heterocycles. The smallest absolute Gasteiger partial charge is 0.271 e. The summed E-state index contributed by atoms with van der Waals surface area (Å²) in [5.41, 5.74) is 2.76. The van der Waals surface area contributed by atoms with E-state index in [1.54, 1.807) is 53.0 Å². The molecule has 0 saturated heterocycles. The molecule has 1 aliphatic rings. The lowest BCUT2D eigenvalue weighted by Crippen LogP contribution is -2.43. The Balaban J connectivity index is 1.55. The van der Waals surface area contributed by atoms with E-state index >= 15 is 0 Å². The van der Waals surface area contributed by atoms with Crippen LogP contribution in [0.2, 0.25) is 5.02 Å². The van der Waals surface area contributed by atoms with Crippen LogP contribution in [0, 0.1) is 5.82 Å². The minimum atomic E-state index is -0.795. The summed E-state index contributed by atoms with van der Waals surface area (Å²) in [5, 5.41) is 2.30. The van der Waals surface area contributed by atoms with Gasteiger partial charge in [-0.2, -0.15) is 0 Å². The van der Waals surface area contributed by atoms with Gasteiger partial charge in [0.1, 0.15) is 30.0 Å². The van der Waals surface area contributed by atoms with Crippen molar-refractivity contribution in [1.82, 2.24) is 9.47 Å². The molecule has 0 aliphatic carbocycles. The van der Waals surface area contributed by atoms with Gasteiger partial charge in [0.25, 0.3) is 11.5 Å². The van der Waals surface area contributed by atoms with E-state index in [2.05, 4.69) is 0 Å². The van der Waals surface area contributed by atoms with Crippen LogP contribution in [0.5, 0.6) is 11.5 Å². The second-order valence-electron chi connectivity index (χ2n) is 11.1. The number of hydrogen-bond donors (Lipinski definition) is 0. The Morgan fingerprint density at radius 1 is 1.04 bits per heavy atom. The molecule has 0 radical (unpaired) electrons. The topological polar surface area (TPSA) is 73.1 Å². The number of thiazole rings is 1. The number of fused-ring (bicyclic) bond motifs is 2. The molecule has 0 spiro atoms. The Morgan fingerprint density at radius 3 is 2.49 bits per heavy atom. The van der Waals surface area contributed by atoms with Gasteiger partial charge in [-0.1, -0.05) is 65.4 Å². The molecule has 1 amide bonds. The van der Waals surface area contributed by atoms with Crippen molar-refractivity contribution in [2.75, 3.05) is 20.2 Å². The molecule has 7 nitrogen and oxygen atoms in total. The van der Waals surface area contributed by atoms with Crippen molar-refractivity contribution >= 4 is 45.7 Å². The van der Waals surface area contributed by atoms with Gasteiger partial charge < -0.3 is 14.4 Å². The maximum Gasteiger partial charge on any atom is 0.271 e. The fraction of sp³-hybridized carbons (Fsp3) is 0.216. The molecule has 0 N–H and O–H groups in total. The molecule has 47 heavy (non-hydrogen) atoms. The summed E-state index contributed by atoms with van der Waals surface area (Å²) >= 11 is 7.63. The van der Waals surface area contributed by atoms with Crippen molar-refractivity contribution in [1.29, 1.82) is 0 Å². The van der Waals surface area contributed by atoms with Crippen molar-refractivity contribution in [2.45, 2.75) is 33.4 Å². The fourth-order valence-corrected chi connectivity index (χ4v) is 7.15. The van der Waals surface area contributed by atoms with E-state index in [1.807, 2.05) is 57.2 Å². The van der Waals surface area contributed by atoms with Crippen LogP contribution in [0.1, 0.15) is 43.5 Å². The number of nitrogens with zero attached hydrogens (tertiary/aromatic N) is 3. The number of ether oxygens (including phenoxy) is 2. The molecule has 4 aromatic carbocycles. The molecule has 2 heterocycles. The number of benzene rings is 4. The van der Waals surface area contributed by atoms with E-state index in [1.165, 1.54) is 23.5 Å². The van der Waals surface area contributed by atoms with Gasteiger partial charge in [-0.15, -0.1) is 0 Å². The van der Waals surface area contributed by atoms with Crippen LogP contribution in [0.3, 0.4) is 0 Å². The van der Waals surface area contributed by atoms with Gasteiger partial charge in [0.2, 0.25) is 0 Å². The highest BCUT2D eigenvalue weighted by atomic mass is 35.5. The summed E-state index contributed by atoms with van der Waals surface area (Å²) < 4.78 is 27.4. The molecule has 0 unspecified atom stereocenters. The summed E-state index contributed by atoms with van der Waals surface area (Å²) in [4.78, 5) is 35.7. The maximum atomic E-state index is 14.5. The molecular weight excluding hydrogens is 637 g/mol. The summed E-state index contributed by atoms with van der Waals surface area (Å²) in [6, 6.07) is 22.2. The van der Waals surface area contributed by atoms with Gasteiger partial charge in [0.15, 0.2) is 4.80 Å². The van der Waals surface area contributed by atoms with Gasteiger partial charge in [0.05, 0.1) is 22.9 Å². The molecule has 1 atom stereocenters. The van der Waals surface area contributed by atoms with Crippen LogP contribution in [0.15, 0.2) is 99.9 Å². The molecule has 5 aromatic rings. The SMILES string of the molecule is CCN(CC)C(=O)C1=C(C)N=c2s/c(=C/c3cc(Cl)ccc3OCc3ccc(F)cc3)c(=O)n2[C@H]1c1c(OC)ccc2ccccc12. The third kappa shape index (κ3) is 6.21. The van der Waals surface area contributed by atoms with Crippen molar-refractivity contribution in [3.05, 3.63) is 137 Å². The minimum absolute atomic E-state index is 0.183. The second kappa shape index (κ2) is 13.6. The molecule has 1 aliphatic heterocycles. The normalized spacial score (nSPS) is 14.6. The Kier molecular flexibility index (Phi) is 9.29. The number of halogens is 2. The number of hydrogen-bond acceptors (Lipinski definition) is 6.